The minimum atomic E-state index is 0.274. The lowest BCUT2D eigenvalue weighted by Crippen LogP contribution is -2.17. The summed E-state index contributed by atoms with van der Waals surface area (Å²) in [6.07, 6.45) is 5.13. The van der Waals surface area contributed by atoms with Crippen LogP contribution >= 0.6 is 15.9 Å². The predicted molar refractivity (Wildman–Crippen MR) is 78.3 cm³/mol. The van der Waals surface area contributed by atoms with Crippen LogP contribution in [0.4, 0.5) is 0 Å². The molecule has 0 aliphatic rings. The molecular formula is C14H16BrN3O. The molecule has 0 radical (unpaired) electrons. The second-order valence-corrected chi connectivity index (χ2v) is 5.06. The van der Waals surface area contributed by atoms with Crippen molar-refractivity contribution in [3.05, 3.63) is 46.8 Å². The van der Waals surface area contributed by atoms with Gasteiger partial charge in [0, 0.05) is 29.0 Å². The van der Waals surface area contributed by atoms with Crippen LogP contribution in [0.1, 0.15) is 25.5 Å². The summed E-state index contributed by atoms with van der Waals surface area (Å²) in [5.41, 5.74) is 1.15. The van der Waals surface area contributed by atoms with Crippen molar-refractivity contribution in [1.29, 1.82) is 0 Å². The molecule has 0 bridgehead atoms. The highest BCUT2D eigenvalue weighted by molar-refractivity contribution is 9.10. The number of hydrogen-bond acceptors (Lipinski definition) is 4. The van der Waals surface area contributed by atoms with E-state index in [1.165, 1.54) is 0 Å². The van der Waals surface area contributed by atoms with Crippen LogP contribution in [0.2, 0.25) is 0 Å². The van der Waals surface area contributed by atoms with Gasteiger partial charge in [-0.2, -0.15) is 0 Å². The Morgan fingerprint density at radius 3 is 2.95 bits per heavy atom. The fourth-order valence-electron chi connectivity index (χ4n) is 1.74. The van der Waals surface area contributed by atoms with E-state index < -0.39 is 0 Å². The summed E-state index contributed by atoms with van der Waals surface area (Å²) in [5.74, 6) is 1.23. The van der Waals surface area contributed by atoms with E-state index in [9.17, 15) is 0 Å². The lowest BCUT2D eigenvalue weighted by Gasteiger charge is -2.13. The molecule has 100 valence electrons. The number of nitrogens with zero attached hydrogens (tertiary/aromatic N) is 2. The maximum atomic E-state index is 5.70. The minimum absolute atomic E-state index is 0.274. The van der Waals surface area contributed by atoms with E-state index in [2.05, 4.69) is 45.1 Å². The first-order valence-corrected chi connectivity index (χ1v) is 6.96. The Morgan fingerprint density at radius 2 is 2.21 bits per heavy atom. The van der Waals surface area contributed by atoms with Crippen LogP contribution in [0.5, 0.6) is 11.6 Å². The Hall–Kier alpha value is -1.46. The summed E-state index contributed by atoms with van der Waals surface area (Å²) in [5, 5.41) is 3.36. The van der Waals surface area contributed by atoms with Crippen molar-refractivity contribution in [3.63, 3.8) is 0 Å². The highest BCUT2D eigenvalue weighted by Crippen LogP contribution is 2.23. The van der Waals surface area contributed by atoms with Gasteiger partial charge in [0.25, 0.3) is 0 Å². The van der Waals surface area contributed by atoms with Gasteiger partial charge in [0.2, 0.25) is 5.88 Å². The molecule has 0 saturated heterocycles. The van der Waals surface area contributed by atoms with Crippen LogP contribution < -0.4 is 10.1 Å². The highest BCUT2D eigenvalue weighted by Gasteiger charge is 2.06. The molecule has 2 aromatic heterocycles. The van der Waals surface area contributed by atoms with E-state index in [1.807, 2.05) is 18.2 Å². The fraction of sp³-hybridized carbons (Fsp3) is 0.286. The van der Waals surface area contributed by atoms with Crippen LogP contribution in [0, 0.1) is 0 Å². The van der Waals surface area contributed by atoms with Gasteiger partial charge in [0.1, 0.15) is 5.75 Å². The molecule has 19 heavy (non-hydrogen) atoms. The molecule has 2 heterocycles. The largest absolute Gasteiger partial charge is 0.437 e. The van der Waals surface area contributed by atoms with Gasteiger partial charge in [-0.25, -0.2) is 4.98 Å². The Kier molecular flexibility index (Phi) is 4.87. The Bertz CT molecular complexity index is 548. The summed E-state index contributed by atoms with van der Waals surface area (Å²) in [6, 6.07) is 6.05. The van der Waals surface area contributed by atoms with E-state index >= 15 is 0 Å². The average molecular weight is 322 g/mol. The molecule has 4 nitrogen and oxygen atoms in total. The quantitative estimate of drug-likeness (QED) is 0.912. The van der Waals surface area contributed by atoms with Gasteiger partial charge in [0.15, 0.2) is 0 Å². The molecule has 0 aliphatic carbocycles. The predicted octanol–water partition coefficient (Wildman–Crippen LogP) is 3.70. The van der Waals surface area contributed by atoms with Crippen molar-refractivity contribution in [2.75, 3.05) is 6.54 Å². The van der Waals surface area contributed by atoms with E-state index in [0.29, 0.717) is 11.6 Å². The van der Waals surface area contributed by atoms with Gasteiger partial charge in [-0.3, -0.25) is 4.98 Å². The van der Waals surface area contributed by atoms with Crippen LogP contribution in [-0.4, -0.2) is 16.5 Å². The van der Waals surface area contributed by atoms with E-state index in [0.717, 1.165) is 16.6 Å². The van der Waals surface area contributed by atoms with Crippen molar-refractivity contribution < 1.29 is 4.74 Å². The summed E-state index contributed by atoms with van der Waals surface area (Å²) in [4.78, 5) is 8.27. The molecule has 1 N–H and O–H groups in total. The van der Waals surface area contributed by atoms with Crippen LogP contribution in [0.3, 0.4) is 0 Å². The van der Waals surface area contributed by atoms with Gasteiger partial charge < -0.3 is 10.1 Å². The molecule has 1 unspecified atom stereocenters. The second kappa shape index (κ2) is 6.63. The second-order valence-electron chi connectivity index (χ2n) is 4.15. The van der Waals surface area contributed by atoms with Crippen molar-refractivity contribution in [3.8, 4) is 11.6 Å². The number of aromatic nitrogens is 2. The standard InChI is InChI=1S/C14H16BrN3O/c1-3-17-10(2)11-4-5-18-14(6-11)19-13-7-12(15)8-16-9-13/h4-10,17H,3H2,1-2H3. The zero-order chi connectivity index (χ0) is 13.7. The molecule has 2 rings (SSSR count). The summed E-state index contributed by atoms with van der Waals surface area (Å²) in [7, 11) is 0. The Labute approximate surface area is 121 Å². The zero-order valence-electron chi connectivity index (χ0n) is 10.9. The number of hydrogen-bond donors (Lipinski definition) is 1. The molecule has 0 saturated carbocycles. The molecule has 0 spiro atoms. The fourth-order valence-corrected chi connectivity index (χ4v) is 2.09. The average Bonchev–Trinajstić information content (AvgIpc) is 2.39. The minimum Gasteiger partial charge on any atom is -0.437 e. The number of ether oxygens (including phenoxy) is 1. The highest BCUT2D eigenvalue weighted by atomic mass is 79.9. The third kappa shape index (κ3) is 4.01. The molecular weight excluding hydrogens is 306 g/mol. The van der Waals surface area contributed by atoms with E-state index in [1.54, 1.807) is 18.6 Å². The summed E-state index contributed by atoms with van der Waals surface area (Å²) < 4.78 is 6.57. The number of rotatable bonds is 5. The molecule has 0 aromatic carbocycles. The molecule has 0 amide bonds. The number of nitrogens with one attached hydrogen (secondary N) is 1. The SMILES string of the molecule is CCNC(C)c1ccnc(Oc2cncc(Br)c2)c1. The first kappa shape index (κ1) is 14.0. The number of halogens is 1. The van der Waals surface area contributed by atoms with Crippen molar-refractivity contribution in [2.45, 2.75) is 19.9 Å². The molecule has 5 heteroatoms. The zero-order valence-corrected chi connectivity index (χ0v) is 12.5. The molecule has 1 atom stereocenters. The smallest absolute Gasteiger partial charge is 0.219 e. The van der Waals surface area contributed by atoms with Crippen LogP contribution in [0.25, 0.3) is 0 Å². The summed E-state index contributed by atoms with van der Waals surface area (Å²) >= 11 is 3.36. The first-order valence-electron chi connectivity index (χ1n) is 6.16. The number of pyridine rings is 2. The third-order valence-electron chi connectivity index (χ3n) is 2.67. The first-order chi connectivity index (χ1) is 9.19. The molecule has 0 aliphatic heterocycles. The van der Waals surface area contributed by atoms with E-state index in [4.69, 9.17) is 4.74 Å². The van der Waals surface area contributed by atoms with Gasteiger partial charge in [-0.1, -0.05) is 6.92 Å². The van der Waals surface area contributed by atoms with Crippen molar-refractivity contribution in [1.82, 2.24) is 15.3 Å². The van der Waals surface area contributed by atoms with Crippen LogP contribution in [0.15, 0.2) is 41.3 Å². The summed E-state index contributed by atoms with van der Waals surface area (Å²) in [6.45, 7) is 5.13. The van der Waals surface area contributed by atoms with Gasteiger partial charge in [-0.15, -0.1) is 0 Å². The van der Waals surface area contributed by atoms with Gasteiger partial charge >= 0.3 is 0 Å². The maximum Gasteiger partial charge on any atom is 0.219 e. The normalized spacial score (nSPS) is 12.2. The monoisotopic (exact) mass is 321 g/mol. The maximum absolute atomic E-state index is 5.70. The van der Waals surface area contributed by atoms with Gasteiger partial charge in [0.05, 0.1) is 6.20 Å². The third-order valence-corrected chi connectivity index (χ3v) is 3.11. The topological polar surface area (TPSA) is 47.0 Å². The lowest BCUT2D eigenvalue weighted by molar-refractivity contribution is 0.457. The van der Waals surface area contributed by atoms with Crippen molar-refractivity contribution in [2.24, 2.45) is 0 Å². The molecule has 2 aromatic rings. The lowest BCUT2D eigenvalue weighted by atomic mass is 10.1. The Morgan fingerprint density at radius 1 is 1.37 bits per heavy atom. The van der Waals surface area contributed by atoms with E-state index in [-0.39, 0.29) is 6.04 Å². The molecule has 0 fully saturated rings. The van der Waals surface area contributed by atoms with Gasteiger partial charge in [-0.05, 0) is 47.1 Å². The van der Waals surface area contributed by atoms with Crippen LogP contribution in [-0.2, 0) is 0 Å². The van der Waals surface area contributed by atoms with Crippen molar-refractivity contribution >= 4 is 15.9 Å². The Balaban J connectivity index is 2.15.